The van der Waals surface area contributed by atoms with Gasteiger partial charge in [0.1, 0.15) is 5.69 Å². The lowest BCUT2D eigenvalue weighted by Gasteiger charge is -2.13. The number of aryl methyl sites for hydroxylation is 1. The number of aromatic nitrogens is 2. The predicted octanol–water partition coefficient (Wildman–Crippen LogP) is 4.70. The quantitative estimate of drug-likeness (QED) is 0.824. The van der Waals surface area contributed by atoms with Gasteiger partial charge in [0.2, 0.25) is 5.95 Å². The number of rotatable bonds is 4. The van der Waals surface area contributed by atoms with Gasteiger partial charge in [0.15, 0.2) is 0 Å². The van der Waals surface area contributed by atoms with Crippen LogP contribution >= 0.6 is 23.2 Å². The zero-order valence-corrected chi connectivity index (χ0v) is 14.8. The van der Waals surface area contributed by atoms with Crippen molar-refractivity contribution in [3.63, 3.8) is 0 Å². The van der Waals surface area contributed by atoms with E-state index in [4.69, 9.17) is 23.2 Å². The first-order chi connectivity index (χ1) is 11.5. The summed E-state index contributed by atoms with van der Waals surface area (Å²) in [7, 11) is 0. The summed E-state index contributed by atoms with van der Waals surface area (Å²) < 4.78 is 0. The third-order valence-corrected chi connectivity index (χ3v) is 4.33. The number of anilines is 2. The summed E-state index contributed by atoms with van der Waals surface area (Å²) in [6.07, 6.45) is 4.65. The molecule has 0 saturated heterocycles. The summed E-state index contributed by atoms with van der Waals surface area (Å²) in [6.45, 7) is 1.84. The zero-order chi connectivity index (χ0) is 17.1. The molecule has 0 atom stereocenters. The molecule has 5 nitrogen and oxygen atoms in total. The molecule has 1 aromatic heterocycles. The van der Waals surface area contributed by atoms with Crippen molar-refractivity contribution in [3.05, 3.63) is 45.7 Å². The van der Waals surface area contributed by atoms with Crippen LogP contribution in [0.4, 0.5) is 11.6 Å². The van der Waals surface area contributed by atoms with Gasteiger partial charge >= 0.3 is 0 Å². The van der Waals surface area contributed by atoms with Crippen molar-refractivity contribution in [1.29, 1.82) is 0 Å². The van der Waals surface area contributed by atoms with Crippen LogP contribution in [0, 0.1) is 6.92 Å². The number of carbonyl (C=O) groups is 1. The second-order valence-electron chi connectivity index (χ2n) is 5.96. The van der Waals surface area contributed by atoms with Crippen LogP contribution < -0.4 is 10.6 Å². The Kier molecular flexibility index (Phi) is 5.21. The van der Waals surface area contributed by atoms with Gasteiger partial charge in [-0.2, -0.15) is 0 Å². The average Bonchev–Trinajstić information content (AvgIpc) is 2.98. The Balaban J connectivity index is 1.77. The van der Waals surface area contributed by atoms with Gasteiger partial charge in [-0.25, -0.2) is 9.97 Å². The van der Waals surface area contributed by atoms with Gasteiger partial charge in [0, 0.05) is 27.5 Å². The summed E-state index contributed by atoms with van der Waals surface area (Å²) in [5, 5.41) is 6.99. The Hall–Kier alpha value is -1.85. The van der Waals surface area contributed by atoms with Crippen molar-refractivity contribution < 1.29 is 4.79 Å². The van der Waals surface area contributed by atoms with E-state index in [1.165, 1.54) is 12.8 Å². The highest BCUT2D eigenvalue weighted by Crippen LogP contribution is 2.23. The maximum Gasteiger partial charge on any atom is 0.274 e. The van der Waals surface area contributed by atoms with E-state index in [9.17, 15) is 4.79 Å². The van der Waals surface area contributed by atoms with Crippen LogP contribution in [0.2, 0.25) is 10.0 Å². The van der Waals surface area contributed by atoms with E-state index >= 15 is 0 Å². The van der Waals surface area contributed by atoms with Gasteiger partial charge in [-0.05, 0) is 44.0 Å². The molecule has 126 valence electrons. The molecular weight excluding hydrogens is 347 g/mol. The molecule has 0 radical (unpaired) electrons. The molecule has 3 rings (SSSR count). The Morgan fingerprint density at radius 2 is 1.75 bits per heavy atom. The van der Waals surface area contributed by atoms with E-state index in [0.717, 1.165) is 18.5 Å². The maximum absolute atomic E-state index is 12.5. The van der Waals surface area contributed by atoms with Crippen LogP contribution in [0.1, 0.15) is 41.9 Å². The molecule has 24 heavy (non-hydrogen) atoms. The van der Waals surface area contributed by atoms with Crippen molar-refractivity contribution in [1.82, 2.24) is 9.97 Å². The molecule has 0 unspecified atom stereocenters. The first-order valence-corrected chi connectivity index (χ1v) is 8.65. The van der Waals surface area contributed by atoms with E-state index in [-0.39, 0.29) is 5.91 Å². The lowest BCUT2D eigenvalue weighted by molar-refractivity contribution is 0.102. The van der Waals surface area contributed by atoms with Gasteiger partial charge < -0.3 is 10.6 Å². The Morgan fingerprint density at radius 1 is 1.08 bits per heavy atom. The number of hydrogen-bond acceptors (Lipinski definition) is 4. The third kappa shape index (κ3) is 4.36. The first kappa shape index (κ1) is 17.0. The second kappa shape index (κ2) is 7.36. The molecule has 1 aromatic carbocycles. The standard InChI is InChI=1S/C17H18Cl2N4O/c1-10-6-15(23-17(20-10)22-13-4-2-3-5-13)16(24)21-14-8-11(18)7-12(19)9-14/h6-9,13H,2-5H2,1H3,(H,21,24)(H,20,22,23). The fourth-order valence-corrected chi connectivity index (χ4v) is 3.35. The van der Waals surface area contributed by atoms with Gasteiger partial charge in [0.25, 0.3) is 5.91 Å². The van der Waals surface area contributed by atoms with Crippen LogP contribution in [-0.4, -0.2) is 21.9 Å². The van der Waals surface area contributed by atoms with Gasteiger partial charge in [0.05, 0.1) is 0 Å². The Labute approximate surface area is 150 Å². The van der Waals surface area contributed by atoms with Crippen LogP contribution in [0.25, 0.3) is 0 Å². The highest BCUT2D eigenvalue weighted by molar-refractivity contribution is 6.35. The molecule has 1 fully saturated rings. The predicted molar refractivity (Wildman–Crippen MR) is 97.1 cm³/mol. The highest BCUT2D eigenvalue weighted by atomic mass is 35.5. The van der Waals surface area contributed by atoms with Crippen LogP contribution in [-0.2, 0) is 0 Å². The third-order valence-electron chi connectivity index (χ3n) is 3.90. The fourth-order valence-electron chi connectivity index (χ4n) is 2.82. The fraction of sp³-hybridized carbons (Fsp3) is 0.353. The minimum Gasteiger partial charge on any atom is -0.351 e. The molecule has 7 heteroatoms. The average molecular weight is 365 g/mol. The van der Waals surface area contributed by atoms with E-state index in [2.05, 4.69) is 20.6 Å². The highest BCUT2D eigenvalue weighted by Gasteiger charge is 2.17. The van der Waals surface area contributed by atoms with Crippen molar-refractivity contribution in [2.75, 3.05) is 10.6 Å². The molecule has 2 aromatic rings. The number of hydrogen-bond donors (Lipinski definition) is 2. The van der Waals surface area contributed by atoms with Crippen molar-refractivity contribution >= 4 is 40.7 Å². The number of halogens is 2. The van der Waals surface area contributed by atoms with Crippen LogP contribution in [0.5, 0.6) is 0 Å². The number of nitrogens with one attached hydrogen (secondary N) is 2. The number of benzene rings is 1. The largest absolute Gasteiger partial charge is 0.351 e. The molecule has 2 N–H and O–H groups in total. The lowest BCUT2D eigenvalue weighted by atomic mass is 10.2. The number of nitrogens with zero attached hydrogens (tertiary/aromatic N) is 2. The smallest absolute Gasteiger partial charge is 0.274 e. The summed E-state index contributed by atoms with van der Waals surface area (Å²) >= 11 is 11.9. The monoisotopic (exact) mass is 364 g/mol. The summed E-state index contributed by atoms with van der Waals surface area (Å²) in [4.78, 5) is 21.2. The van der Waals surface area contributed by atoms with Gasteiger partial charge in [-0.1, -0.05) is 36.0 Å². The molecule has 0 spiro atoms. The van der Waals surface area contributed by atoms with E-state index in [1.54, 1.807) is 24.3 Å². The SMILES string of the molecule is Cc1cc(C(=O)Nc2cc(Cl)cc(Cl)c2)nc(NC2CCCC2)n1. The molecule has 1 saturated carbocycles. The lowest BCUT2D eigenvalue weighted by Crippen LogP contribution is -2.20. The topological polar surface area (TPSA) is 66.9 Å². The van der Waals surface area contributed by atoms with Crippen LogP contribution in [0.15, 0.2) is 24.3 Å². The number of carbonyl (C=O) groups excluding carboxylic acids is 1. The molecule has 0 aliphatic heterocycles. The maximum atomic E-state index is 12.5. The summed E-state index contributed by atoms with van der Waals surface area (Å²) in [5.41, 5.74) is 1.57. The van der Waals surface area contributed by atoms with Gasteiger partial charge in [-0.15, -0.1) is 0 Å². The number of amides is 1. The second-order valence-corrected chi connectivity index (χ2v) is 6.83. The molecule has 1 aliphatic carbocycles. The molecule has 1 heterocycles. The first-order valence-electron chi connectivity index (χ1n) is 7.89. The Morgan fingerprint density at radius 3 is 2.42 bits per heavy atom. The Bertz CT molecular complexity index is 740. The zero-order valence-electron chi connectivity index (χ0n) is 13.3. The molecular formula is C17H18Cl2N4O. The molecule has 1 amide bonds. The van der Waals surface area contributed by atoms with Gasteiger partial charge in [-0.3, -0.25) is 4.79 Å². The van der Waals surface area contributed by atoms with Crippen molar-refractivity contribution in [3.8, 4) is 0 Å². The van der Waals surface area contributed by atoms with Crippen molar-refractivity contribution in [2.24, 2.45) is 0 Å². The van der Waals surface area contributed by atoms with E-state index in [0.29, 0.717) is 33.4 Å². The van der Waals surface area contributed by atoms with Crippen LogP contribution in [0.3, 0.4) is 0 Å². The minimum atomic E-state index is -0.326. The molecule has 0 bridgehead atoms. The van der Waals surface area contributed by atoms with Crippen molar-refractivity contribution in [2.45, 2.75) is 38.6 Å². The normalized spacial score (nSPS) is 14.6. The minimum absolute atomic E-state index is 0.305. The summed E-state index contributed by atoms with van der Waals surface area (Å²) in [6, 6.07) is 6.92. The summed E-state index contributed by atoms with van der Waals surface area (Å²) in [5.74, 6) is 0.171. The van der Waals surface area contributed by atoms with E-state index in [1.807, 2.05) is 6.92 Å². The molecule has 1 aliphatic rings. The van der Waals surface area contributed by atoms with E-state index < -0.39 is 0 Å².